The van der Waals surface area contributed by atoms with Gasteiger partial charge in [0.1, 0.15) is 0 Å². The normalized spacial score (nSPS) is 21.8. The Morgan fingerprint density at radius 2 is 2.08 bits per heavy atom. The Hall–Kier alpha value is -0.160. The first-order valence-electron chi connectivity index (χ1n) is 4.15. The van der Waals surface area contributed by atoms with E-state index >= 15 is 0 Å². The highest BCUT2D eigenvalue weighted by Gasteiger charge is 2.23. The van der Waals surface area contributed by atoms with Crippen LogP contribution in [0.4, 0.5) is 3.89 Å². The van der Waals surface area contributed by atoms with Crippen LogP contribution in [-0.2, 0) is 10.2 Å². The summed E-state index contributed by atoms with van der Waals surface area (Å²) in [7, 11) is -4.38. The SMILES string of the molecule is NC(CC1CCC1)CS(=O)(=O)F. The number of nitrogens with two attached hydrogens (primary N) is 1. The molecule has 0 radical (unpaired) electrons. The largest absolute Gasteiger partial charge is 0.327 e. The van der Waals surface area contributed by atoms with Crippen molar-refractivity contribution in [1.82, 2.24) is 0 Å². The van der Waals surface area contributed by atoms with Gasteiger partial charge in [-0.05, 0) is 12.3 Å². The molecule has 0 spiro atoms. The van der Waals surface area contributed by atoms with Gasteiger partial charge in [0.2, 0.25) is 0 Å². The van der Waals surface area contributed by atoms with Crippen molar-refractivity contribution in [3.63, 3.8) is 0 Å². The summed E-state index contributed by atoms with van der Waals surface area (Å²) in [6, 6.07) is -0.523. The Bertz CT molecular complexity index is 236. The Labute approximate surface area is 72.3 Å². The third-order valence-corrected chi connectivity index (χ3v) is 3.10. The van der Waals surface area contributed by atoms with Gasteiger partial charge < -0.3 is 5.73 Å². The van der Waals surface area contributed by atoms with Gasteiger partial charge in [-0.1, -0.05) is 19.3 Å². The molecule has 72 valence electrons. The standard InChI is InChI=1S/C7H14FNO2S/c8-12(10,11)5-7(9)4-6-2-1-3-6/h6-7H,1-5,9H2. The minimum Gasteiger partial charge on any atom is -0.327 e. The van der Waals surface area contributed by atoms with E-state index < -0.39 is 22.0 Å². The van der Waals surface area contributed by atoms with Gasteiger partial charge in [-0.2, -0.15) is 8.42 Å². The highest BCUT2D eigenvalue weighted by atomic mass is 32.3. The Morgan fingerprint density at radius 3 is 2.42 bits per heavy atom. The second-order valence-electron chi connectivity index (χ2n) is 3.50. The lowest BCUT2D eigenvalue weighted by atomic mass is 9.81. The molecular weight excluding hydrogens is 181 g/mol. The number of rotatable bonds is 4. The van der Waals surface area contributed by atoms with Gasteiger partial charge in [-0.25, -0.2) is 0 Å². The Kier molecular flexibility index (Phi) is 3.06. The molecule has 1 unspecified atom stereocenters. The minimum atomic E-state index is -4.38. The molecule has 5 heteroatoms. The molecule has 1 fully saturated rings. The van der Waals surface area contributed by atoms with Crippen molar-refractivity contribution in [1.29, 1.82) is 0 Å². The van der Waals surface area contributed by atoms with Crippen molar-refractivity contribution >= 4 is 10.2 Å². The molecule has 0 heterocycles. The molecule has 1 aliphatic rings. The van der Waals surface area contributed by atoms with E-state index in [-0.39, 0.29) is 0 Å². The van der Waals surface area contributed by atoms with Crippen LogP contribution in [-0.4, -0.2) is 20.2 Å². The average Bonchev–Trinajstić information content (AvgIpc) is 1.74. The van der Waals surface area contributed by atoms with Gasteiger partial charge in [0, 0.05) is 6.04 Å². The molecule has 0 aliphatic heterocycles. The van der Waals surface area contributed by atoms with Crippen molar-refractivity contribution in [2.75, 3.05) is 5.75 Å². The predicted octanol–water partition coefficient (Wildman–Crippen LogP) is 0.803. The number of halogens is 1. The molecule has 0 saturated heterocycles. The fraction of sp³-hybridized carbons (Fsp3) is 1.00. The van der Waals surface area contributed by atoms with Crippen molar-refractivity contribution in [2.24, 2.45) is 11.7 Å². The van der Waals surface area contributed by atoms with E-state index in [0.717, 1.165) is 12.8 Å². The van der Waals surface area contributed by atoms with Crippen molar-refractivity contribution in [3.05, 3.63) is 0 Å². The summed E-state index contributed by atoms with van der Waals surface area (Å²) in [5.74, 6) is 0.00509. The number of hydrogen-bond donors (Lipinski definition) is 1. The van der Waals surface area contributed by atoms with Gasteiger partial charge in [-0.3, -0.25) is 0 Å². The van der Waals surface area contributed by atoms with Gasteiger partial charge in [-0.15, -0.1) is 3.89 Å². The summed E-state index contributed by atoms with van der Waals surface area (Å²) in [4.78, 5) is 0. The van der Waals surface area contributed by atoms with Gasteiger partial charge in [0.15, 0.2) is 0 Å². The second kappa shape index (κ2) is 3.70. The fourth-order valence-electron chi connectivity index (χ4n) is 1.48. The molecule has 3 nitrogen and oxygen atoms in total. The van der Waals surface area contributed by atoms with Crippen LogP contribution in [0, 0.1) is 5.92 Å². The van der Waals surface area contributed by atoms with Crippen molar-refractivity contribution < 1.29 is 12.3 Å². The van der Waals surface area contributed by atoms with Crippen LogP contribution in [0.1, 0.15) is 25.7 Å². The Morgan fingerprint density at radius 1 is 1.50 bits per heavy atom. The maximum atomic E-state index is 12.1. The summed E-state index contributed by atoms with van der Waals surface area (Å²) in [5, 5.41) is 0. The van der Waals surface area contributed by atoms with Crippen LogP contribution < -0.4 is 5.73 Å². The monoisotopic (exact) mass is 195 g/mol. The number of hydrogen-bond acceptors (Lipinski definition) is 3. The predicted molar refractivity (Wildman–Crippen MR) is 44.8 cm³/mol. The molecule has 0 amide bonds. The lowest BCUT2D eigenvalue weighted by molar-refractivity contribution is 0.281. The van der Waals surface area contributed by atoms with Gasteiger partial charge in [0.05, 0.1) is 5.75 Å². The lowest BCUT2D eigenvalue weighted by Gasteiger charge is -2.27. The summed E-state index contributed by atoms with van der Waals surface area (Å²) in [6.45, 7) is 0. The van der Waals surface area contributed by atoms with Crippen LogP contribution in [0.3, 0.4) is 0 Å². The molecule has 0 bridgehead atoms. The molecule has 2 N–H and O–H groups in total. The van der Waals surface area contributed by atoms with Gasteiger partial charge in [0.25, 0.3) is 0 Å². The van der Waals surface area contributed by atoms with Crippen LogP contribution in [0.2, 0.25) is 0 Å². The molecule has 1 atom stereocenters. The fourth-order valence-corrected chi connectivity index (χ4v) is 2.13. The molecule has 1 saturated carbocycles. The van der Waals surface area contributed by atoms with Crippen LogP contribution in [0.15, 0.2) is 0 Å². The molecule has 12 heavy (non-hydrogen) atoms. The summed E-state index contributed by atoms with van der Waals surface area (Å²) in [6.07, 6.45) is 4.06. The third kappa shape index (κ3) is 3.49. The summed E-state index contributed by atoms with van der Waals surface area (Å²) < 4.78 is 32.5. The highest BCUT2D eigenvalue weighted by molar-refractivity contribution is 7.86. The highest BCUT2D eigenvalue weighted by Crippen LogP contribution is 2.30. The van der Waals surface area contributed by atoms with Crippen LogP contribution in [0.25, 0.3) is 0 Å². The summed E-state index contributed by atoms with van der Waals surface area (Å²) in [5.41, 5.74) is 5.45. The lowest BCUT2D eigenvalue weighted by Crippen LogP contribution is -2.32. The third-order valence-electron chi connectivity index (χ3n) is 2.27. The van der Waals surface area contributed by atoms with Crippen molar-refractivity contribution in [3.8, 4) is 0 Å². The zero-order valence-electron chi connectivity index (χ0n) is 6.87. The first-order chi connectivity index (χ1) is 5.47. The molecule has 0 aromatic rings. The van der Waals surface area contributed by atoms with E-state index in [1.54, 1.807) is 0 Å². The first kappa shape index (κ1) is 9.92. The van der Waals surface area contributed by atoms with E-state index in [1.165, 1.54) is 6.42 Å². The molecule has 1 rings (SSSR count). The maximum Gasteiger partial charge on any atom is 0.303 e. The van der Waals surface area contributed by atoms with E-state index in [1.807, 2.05) is 0 Å². The Balaban J connectivity index is 2.23. The van der Waals surface area contributed by atoms with E-state index in [0.29, 0.717) is 12.3 Å². The molecule has 1 aliphatic carbocycles. The maximum absolute atomic E-state index is 12.1. The van der Waals surface area contributed by atoms with Gasteiger partial charge >= 0.3 is 10.2 Å². The minimum absolute atomic E-state index is 0.523. The quantitative estimate of drug-likeness (QED) is 0.675. The second-order valence-corrected chi connectivity index (χ2v) is 4.91. The first-order valence-corrected chi connectivity index (χ1v) is 5.70. The van der Waals surface area contributed by atoms with Crippen LogP contribution in [0.5, 0.6) is 0 Å². The van der Waals surface area contributed by atoms with E-state index in [2.05, 4.69) is 0 Å². The zero-order valence-corrected chi connectivity index (χ0v) is 7.69. The van der Waals surface area contributed by atoms with E-state index in [9.17, 15) is 12.3 Å². The van der Waals surface area contributed by atoms with Crippen LogP contribution >= 0.6 is 0 Å². The summed E-state index contributed by atoms with van der Waals surface area (Å²) >= 11 is 0. The van der Waals surface area contributed by atoms with Crippen molar-refractivity contribution in [2.45, 2.75) is 31.7 Å². The topological polar surface area (TPSA) is 60.2 Å². The van der Waals surface area contributed by atoms with E-state index in [4.69, 9.17) is 5.73 Å². The molecule has 0 aromatic heterocycles. The zero-order chi connectivity index (χ0) is 9.19. The smallest absolute Gasteiger partial charge is 0.303 e. The molecule has 0 aromatic carbocycles. The molecular formula is C7H14FNO2S. The average molecular weight is 195 g/mol.